The van der Waals surface area contributed by atoms with Crippen molar-refractivity contribution in [1.82, 2.24) is 0 Å². The van der Waals surface area contributed by atoms with Crippen molar-refractivity contribution < 1.29 is 14.4 Å². The lowest BCUT2D eigenvalue weighted by Gasteiger charge is -2.03. The molecule has 168 valence electrons. The van der Waals surface area contributed by atoms with Gasteiger partial charge in [0, 0.05) is 19.0 Å². The van der Waals surface area contributed by atoms with Crippen LogP contribution in [0.3, 0.4) is 0 Å². The van der Waals surface area contributed by atoms with Crippen molar-refractivity contribution in [2.24, 2.45) is 0 Å². The maximum Gasteiger partial charge on any atom is 0.325 e. The molecule has 0 aliphatic rings. The number of rotatable bonds is 19. The first-order valence-electron chi connectivity index (χ1n) is 12.1. The zero-order chi connectivity index (χ0) is 21.5. The lowest BCUT2D eigenvalue weighted by atomic mass is 10.1. The van der Waals surface area contributed by atoms with Crippen LogP contribution in [0.2, 0.25) is 0 Å². The molecule has 29 heavy (non-hydrogen) atoms. The van der Waals surface area contributed by atoms with Crippen molar-refractivity contribution in [2.45, 2.75) is 129 Å². The van der Waals surface area contributed by atoms with Crippen LogP contribution < -0.4 is 0 Å². The van der Waals surface area contributed by atoms with E-state index in [2.05, 4.69) is 30.6 Å². The third-order valence-corrected chi connectivity index (χ3v) is 6.04. The normalized spacial score (nSPS) is 10.9. The molecule has 0 fully saturated rings. The second kappa shape index (κ2) is 22.0. The predicted octanol–water partition coefficient (Wildman–Crippen LogP) is 7.60. The summed E-state index contributed by atoms with van der Waals surface area (Å²) in [6.07, 6.45) is 22.8. The molecule has 0 saturated heterocycles. The monoisotopic (exact) mass is 424 g/mol. The standard InChI is InChI=1S/C25H45O3P/c1-2-3-4-5-6-7-8-9-10-11-12-13-14-15-16-17-18-19-20-21-22-23-24-25-29(26,27)28/h2-12,17-25H2,1H3,(H2,26,27,28). The Morgan fingerprint density at radius 1 is 0.552 bits per heavy atom. The average molecular weight is 425 g/mol. The van der Waals surface area contributed by atoms with Crippen molar-refractivity contribution in [3.8, 4) is 23.7 Å². The van der Waals surface area contributed by atoms with E-state index >= 15 is 0 Å². The van der Waals surface area contributed by atoms with Crippen LogP contribution in [0.15, 0.2) is 0 Å². The van der Waals surface area contributed by atoms with E-state index in [1.807, 2.05) is 0 Å². The van der Waals surface area contributed by atoms with E-state index in [-0.39, 0.29) is 6.16 Å². The molecule has 0 heterocycles. The highest BCUT2D eigenvalue weighted by Gasteiger charge is 2.10. The Bertz CT molecular complexity index is 516. The highest BCUT2D eigenvalue weighted by molar-refractivity contribution is 7.51. The lowest BCUT2D eigenvalue weighted by Crippen LogP contribution is -1.88. The van der Waals surface area contributed by atoms with Gasteiger partial charge in [0.15, 0.2) is 0 Å². The molecule has 0 unspecified atom stereocenters. The zero-order valence-electron chi connectivity index (χ0n) is 18.9. The molecule has 0 aliphatic heterocycles. The minimum absolute atomic E-state index is 0.0306. The highest BCUT2D eigenvalue weighted by Crippen LogP contribution is 2.35. The van der Waals surface area contributed by atoms with Gasteiger partial charge >= 0.3 is 7.60 Å². The van der Waals surface area contributed by atoms with E-state index in [0.29, 0.717) is 6.42 Å². The van der Waals surface area contributed by atoms with Crippen LogP contribution >= 0.6 is 7.60 Å². The second-order valence-electron chi connectivity index (χ2n) is 8.15. The Kier molecular flexibility index (Phi) is 21.4. The fourth-order valence-electron chi connectivity index (χ4n) is 3.33. The molecule has 3 nitrogen and oxygen atoms in total. The first-order chi connectivity index (χ1) is 14.1. The van der Waals surface area contributed by atoms with Crippen molar-refractivity contribution in [3.05, 3.63) is 0 Å². The quantitative estimate of drug-likeness (QED) is 0.127. The molecule has 0 bridgehead atoms. The van der Waals surface area contributed by atoms with Crippen LogP contribution in [0.1, 0.15) is 129 Å². The SMILES string of the molecule is CCCCCCCCCCCCC#CC#CCCCCCCCCCP(=O)(O)O. The molecular formula is C25H45O3P. The van der Waals surface area contributed by atoms with Gasteiger partial charge in [-0.25, -0.2) is 0 Å². The molecule has 0 aliphatic carbocycles. The van der Waals surface area contributed by atoms with Crippen LogP contribution in [0, 0.1) is 23.7 Å². The van der Waals surface area contributed by atoms with Crippen LogP contribution in [0.4, 0.5) is 0 Å². The topological polar surface area (TPSA) is 57.5 Å². The van der Waals surface area contributed by atoms with Gasteiger partial charge in [0.2, 0.25) is 0 Å². The van der Waals surface area contributed by atoms with Gasteiger partial charge in [0.1, 0.15) is 0 Å². The molecule has 0 aromatic carbocycles. The Labute approximate surface area is 181 Å². The van der Waals surface area contributed by atoms with Crippen molar-refractivity contribution in [2.75, 3.05) is 6.16 Å². The summed E-state index contributed by atoms with van der Waals surface area (Å²) < 4.78 is 10.7. The number of hydrogen-bond acceptors (Lipinski definition) is 1. The van der Waals surface area contributed by atoms with Gasteiger partial charge in [-0.2, -0.15) is 0 Å². The molecule has 0 saturated carbocycles. The molecule has 4 heteroatoms. The summed E-state index contributed by atoms with van der Waals surface area (Å²) in [5.74, 6) is 12.3. The van der Waals surface area contributed by atoms with Crippen LogP contribution in [-0.2, 0) is 4.57 Å². The van der Waals surface area contributed by atoms with Crippen LogP contribution in [0.5, 0.6) is 0 Å². The summed E-state index contributed by atoms with van der Waals surface area (Å²) in [5, 5.41) is 0. The molecule has 0 aromatic heterocycles. The minimum Gasteiger partial charge on any atom is -0.324 e. The molecule has 0 amide bonds. The second-order valence-corrected chi connectivity index (χ2v) is 9.93. The number of hydrogen-bond donors (Lipinski definition) is 2. The minimum atomic E-state index is -3.79. The molecule has 0 aromatic rings. The summed E-state index contributed by atoms with van der Waals surface area (Å²) in [6.45, 7) is 2.27. The molecule has 0 rings (SSSR count). The Morgan fingerprint density at radius 2 is 0.897 bits per heavy atom. The van der Waals surface area contributed by atoms with Crippen molar-refractivity contribution in [3.63, 3.8) is 0 Å². The molecule has 0 atom stereocenters. The fraction of sp³-hybridized carbons (Fsp3) is 0.840. The summed E-state index contributed by atoms with van der Waals surface area (Å²) in [5.41, 5.74) is 0. The molecule has 2 N–H and O–H groups in total. The van der Waals surface area contributed by atoms with Gasteiger partial charge in [-0.1, -0.05) is 109 Å². The van der Waals surface area contributed by atoms with Crippen LogP contribution in [-0.4, -0.2) is 15.9 Å². The summed E-state index contributed by atoms with van der Waals surface area (Å²) >= 11 is 0. The third-order valence-electron chi connectivity index (χ3n) is 5.15. The third kappa shape index (κ3) is 27.3. The van der Waals surface area contributed by atoms with Gasteiger partial charge in [-0.3, -0.25) is 4.57 Å². The number of unbranched alkanes of at least 4 members (excludes halogenated alkanes) is 17. The first kappa shape index (κ1) is 28.3. The van der Waals surface area contributed by atoms with Gasteiger partial charge in [0.05, 0.1) is 0 Å². The Morgan fingerprint density at radius 3 is 1.28 bits per heavy atom. The molecule has 0 spiro atoms. The van der Waals surface area contributed by atoms with E-state index in [9.17, 15) is 4.57 Å². The maximum absolute atomic E-state index is 10.7. The Hall–Kier alpha value is -0.730. The Balaban J connectivity index is 3.28. The van der Waals surface area contributed by atoms with Crippen LogP contribution in [0.25, 0.3) is 0 Å². The summed E-state index contributed by atoms with van der Waals surface area (Å²) in [4.78, 5) is 17.6. The largest absolute Gasteiger partial charge is 0.325 e. The highest BCUT2D eigenvalue weighted by atomic mass is 31.2. The van der Waals surface area contributed by atoms with Gasteiger partial charge < -0.3 is 9.79 Å². The smallest absolute Gasteiger partial charge is 0.324 e. The van der Waals surface area contributed by atoms with E-state index in [4.69, 9.17) is 9.79 Å². The first-order valence-corrected chi connectivity index (χ1v) is 13.9. The molecule has 0 radical (unpaired) electrons. The maximum atomic E-state index is 10.7. The zero-order valence-corrected chi connectivity index (χ0v) is 19.8. The molecular weight excluding hydrogens is 379 g/mol. The van der Waals surface area contributed by atoms with E-state index < -0.39 is 7.60 Å². The van der Waals surface area contributed by atoms with E-state index in [1.165, 1.54) is 77.0 Å². The van der Waals surface area contributed by atoms with Gasteiger partial charge in [-0.15, -0.1) is 0 Å². The van der Waals surface area contributed by atoms with Gasteiger partial charge in [0.25, 0.3) is 0 Å². The summed E-state index contributed by atoms with van der Waals surface area (Å²) in [7, 11) is -3.79. The van der Waals surface area contributed by atoms with E-state index in [1.54, 1.807) is 0 Å². The fourth-order valence-corrected chi connectivity index (χ4v) is 3.96. The van der Waals surface area contributed by atoms with E-state index in [0.717, 1.165) is 38.5 Å². The average Bonchev–Trinajstić information content (AvgIpc) is 2.67. The predicted molar refractivity (Wildman–Crippen MR) is 126 cm³/mol. The summed E-state index contributed by atoms with van der Waals surface area (Å²) in [6, 6.07) is 0. The van der Waals surface area contributed by atoms with Crippen molar-refractivity contribution >= 4 is 7.60 Å². The van der Waals surface area contributed by atoms with Crippen molar-refractivity contribution in [1.29, 1.82) is 0 Å². The van der Waals surface area contributed by atoms with Gasteiger partial charge in [-0.05, 0) is 31.1 Å². The lowest BCUT2D eigenvalue weighted by molar-refractivity contribution is 0.370.